The Morgan fingerprint density at radius 1 is 1.41 bits per heavy atom. The lowest BCUT2D eigenvalue weighted by molar-refractivity contribution is 0.264. The van der Waals surface area contributed by atoms with Gasteiger partial charge in [0.1, 0.15) is 5.82 Å². The van der Waals surface area contributed by atoms with Crippen LogP contribution in [0.1, 0.15) is 50.6 Å². The van der Waals surface area contributed by atoms with Gasteiger partial charge in [0, 0.05) is 11.3 Å². The Labute approximate surface area is 136 Å². The first-order valence-corrected chi connectivity index (χ1v) is 8.88. The summed E-state index contributed by atoms with van der Waals surface area (Å²) in [5.41, 5.74) is 0.145. The van der Waals surface area contributed by atoms with E-state index in [4.69, 9.17) is 4.98 Å². The lowest BCUT2D eigenvalue weighted by Gasteiger charge is -2.19. The third-order valence-electron chi connectivity index (χ3n) is 4.68. The van der Waals surface area contributed by atoms with Crippen molar-refractivity contribution in [1.29, 1.82) is 0 Å². The average Bonchev–Trinajstić information content (AvgIpc) is 2.86. The minimum absolute atomic E-state index is 0.0431. The monoisotopic (exact) mass is 319 g/mol. The molecule has 22 heavy (non-hydrogen) atoms. The van der Waals surface area contributed by atoms with Crippen LogP contribution in [-0.2, 0) is 18.4 Å². The molecule has 1 fully saturated rings. The summed E-state index contributed by atoms with van der Waals surface area (Å²) in [6.45, 7) is 9.58. The molecule has 2 heterocycles. The van der Waals surface area contributed by atoms with Gasteiger partial charge in [0.15, 0.2) is 5.82 Å². The number of rotatable bonds is 6. The molecule has 1 atom stereocenters. The number of aliphatic hydroxyl groups excluding tert-OH is 1. The lowest BCUT2D eigenvalue weighted by Crippen LogP contribution is -2.22. The van der Waals surface area contributed by atoms with E-state index in [0.29, 0.717) is 12.5 Å². The molecule has 0 bridgehead atoms. The molecule has 0 radical (unpaired) electrons. The average molecular weight is 319 g/mol. The van der Waals surface area contributed by atoms with Crippen molar-refractivity contribution in [2.75, 3.05) is 6.61 Å². The molecule has 0 amide bonds. The quantitative estimate of drug-likeness (QED) is 0.889. The molecule has 0 aliphatic heterocycles. The molecule has 1 N–H and O–H groups in total. The lowest BCUT2D eigenvalue weighted by atomic mass is 9.93. The Morgan fingerprint density at radius 3 is 2.64 bits per heavy atom. The predicted octanol–water partition coefficient (Wildman–Crippen LogP) is 3.25. The van der Waals surface area contributed by atoms with Crippen LogP contribution < -0.4 is 0 Å². The summed E-state index contributed by atoms with van der Waals surface area (Å²) >= 11 is 1.80. The summed E-state index contributed by atoms with van der Waals surface area (Å²) < 4.78 is 1.94. The minimum Gasteiger partial charge on any atom is -0.394 e. The predicted molar refractivity (Wildman–Crippen MR) is 89.1 cm³/mol. The highest BCUT2D eigenvalue weighted by Gasteiger charge is 2.66. The first-order chi connectivity index (χ1) is 10.4. The van der Waals surface area contributed by atoms with Gasteiger partial charge in [0.2, 0.25) is 0 Å². The van der Waals surface area contributed by atoms with Crippen LogP contribution in [0.15, 0.2) is 17.5 Å². The normalized spacial score (nSPS) is 23.2. The zero-order valence-electron chi connectivity index (χ0n) is 13.8. The molecule has 120 valence electrons. The highest BCUT2D eigenvalue weighted by Crippen LogP contribution is 2.68. The van der Waals surface area contributed by atoms with Crippen molar-refractivity contribution in [2.24, 2.45) is 11.3 Å². The van der Waals surface area contributed by atoms with Crippen molar-refractivity contribution in [3.8, 4) is 0 Å². The van der Waals surface area contributed by atoms with Crippen LogP contribution in [0.4, 0.5) is 0 Å². The SMILES string of the molecule is CC(C)Cc1nc(C2(c3cccs3)CC2(C)C)n(CCO)n1. The fraction of sp³-hybridized carbons (Fsp3) is 0.647. The second-order valence-corrected chi connectivity index (χ2v) is 8.29. The highest BCUT2D eigenvalue weighted by molar-refractivity contribution is 7.10. The summed E-state index contributed by atoms with van der Waals surface area (Å²) in [5, 5.41) is 16.2. The molecule has 2 aromatic heterocycles. The zero-order chi connectivity index (χ0) is 16.0. The Morgan fingerprint density at radius 2 is 2.14 bits per heavy atom. The van der Waals surface area contributed by atoms with Crippen LogP contribution >= 0.6 is 11.3 Å². The number of aromatic nitrogens is 3. The molecule has 0 saturated heterocycles. The van der Waals surface area contributed by atoms with Crippen molar-refractivity contribution >= 4 is 11.3 Å². The van der Waals surface area contributed by atoms with Crippen LogP contribution in [-0.4, -0.2) is 26.5 Å². The van der Waals surface area contributed by atoms with Gasteiger partial charge < -0.3 is 5.11 Å². The van der Waals surface area contributed by atoms with Crippen LogP contribution in [0, 0.1) is 11.3 Å². The molecular weight excluding hydrogens is 294 g/mol. The molecule has 5 heteroatoms. The van der Waals surface area contributed by atoms with E-state index < -0.39 is 0 Å². The van der Waals surface area contributed by atoms with Gasteiger partial charge in [-0.2, -0.15) is 5.10 Å². The Hall–Kier alpha value is -1.20. The van der Waals surface area contributed by atoms with Crippen LogP contribution in [0.3, 0.4) is 0 Å². The van der Waals surface area contributed by atoms with E-state index in [1.54, 1.807) is 11.3 Å². The Balaban J connectivity index is 2.07. The van der Waals surface area contributed by atoms with Crippen LogP contribution in [0.25, 0.3) is 0 Å². The van der Waals surface area contributed by atoms with E-state index in [2.05, 4.69) is 50.3 Å². The summed E-state index contributed by atoms with van der Waals surface area (Å²) in [6, 6.07) is 4.32. The van der Waals surface area contributed by atoms with Crippen LogP contribution in [0.2, 0.25) is 0 Å². The Bertz CT molecular complexity index is 645. The maximum absolute atomic E-state index is 9.40. The van der Waals surface area contributed by atoms with Gasteiger partial charge >= 0.3 is 0 Å². The largest absolute Gasteiger partial charge is 0.394 e. The molecule has 1 aliphatic carbocycles. The first kappa shape index (κ1) is 15.7. The topological polar surface area (TPSA) is 50.9 Å². The standard InChI is InChI=1S/C17H25N3OS/c1-12(2)10-14-18-15(20(19-14)7-8-21)17(11-16(17,3)4)13-6-5-9-22-13/h5-6,9,12,21H,7-8,10-11H2,1-4H3. The second-order valence-electron chi connectivity index (χ2n) is 7.34. The van der Waals surface area contributed by atoms with Gasteiger partial charge in [0.05, 0.1) is 18.6 Å². The van der Waals surface area contributed by atoms with Crippen molar-refractivity contribution < 1.29 is 5.11 Å². The third kappa shape index (κ3) is 2.40. The van der Waals surface area contributed by atoms with E-state index in [0.717, 1.165) is 24.5 Å². The number of aliphatic hydroxyl groups is 1. The number of hydrogen-bond donors (Lipinski definition) is 1. The summed E-state index contributed by atoms with van der Waals surface area (Å²) in [7, 11) is 0. The summed E-state index contributed by atoms with van der Waals surface area (Å²) in [5.74, 6) is 2.46. The maximum Gasteiger partial charge on any atom is 0.151 e. The van der Waals surface area contributed by atoms with Gasteiger partial charge in [0.25, 0.3) is 0 Å². The van der Waals surface area contributed by atoms with Crippen molar-refractivity contribution in [3.05, 3.63) is 34.0 Å². The van der Waals surface area contributed by atoms with Crippen LogP contribution in [0.5, 0.6) is 0 Å². The van der Waals surface area contributed by atoms with Gasteiger partial charge in [-0.3, -0.25) is 0 Å². The van der Waals surface area contributed by atoms with E-state index >= 15 is 0 Å². The number of thiophene rings is 1. The third-order valence-corrected chi connectivity index (χ3v) is 5.71. The molecule has 0 spiro atoms. The molecule has 2 aromatic rings. The van der Waals surface area contributed by atoms with Gasteiger partial charge in [-0.15, -0.1) is 11.3 Å². The maximum atomic E-state index is 9.40. The first-order valence-electron chi connectivity index (χ1n) is 8.00. The second kappa shape index (κ2) is 5.46. The van der Waals surface area contributed by atoms with Crippen molar-refractivity contribution in [3.63, 3.8) is 0 Å². The molecule has 4 nitrogen and oxygen atoms in total. The van der Waals surface area contributed by atoms with Crippen molar-refractivity contribution in [2.45, 2.75) is 52.5 Å². The van der Waals surface area contributed by atoms with E-state index in [1.807, 2.05) is 4.68 Å². The number of nitrogens with zero attached hydrogens (tertiary/aromatic N) is 3. The molecule has 1 aliphatic rings. The highest BCUT2D eigenvalue weighted by atomic mass is 32.1. The van der Waals surface area contributed by atoms with E-state index in [-0.39, 0.29) is 17.4 Å². The van der Waals surface area contributed by atoms with Gasteiger partial charge in [-0.05, 0) is 29.2 Å². The van der Waals surface area contributed by atoms with E-state index in [1.165, 1.54) is 4.88 Å². The number of hydrogen-bond acceptors (Lipinski definition) is 4. The smallest absolute Gasteiger partial charge is 0.151 e. The Kier molecular flexibility index (Phi) is 3.89. The minimum atomic E-state index is -0.0431. The fourth-order valence-corrected chi connectivity index (χ4v) is 4.56. The van der Waals surface area contributed by atoms with Gasteiger partial charge in [-0.25, -0.2) is 9.67 Å². The molecule has 1 saturated carbocycles. The molecule has 0 aromatic carbocycles. The fourth-order valence-electron chi connectivity index (χ4n) is 3.46. The van der Waals surface area contributed by atoms with E-state index in [9.17, 15) is 5.11 Å². The zero-order valence-corrected chi connectivity index (χ0v) is 14.7. The molecular formula is C17H25N3OS. The summed E-state index contributed by atoms with van der Waals surface area (Å²) in [6.07, 6.45) is 1.97. The molecule has 1 unspecified atom stereocenters. The van der Waals surface area contributed by atoms with Gasteiger partial charge in [-0.1, -0.05) is 33.8 Å². The van der Waals surface area contributed by atoms with Crippen molar-refractivity contribution in [1.82, 2.24) is 14.8 Å². The molecule has 3 rings (SSSR count). The summed E-state index contributed by atoms with van der Waals surface area (Å²) in [4.78, 5) is 6.26.